The van der Waals surface area contributed by atoms with Gasteiger partial charge in [-0.05, 0) is 18.9 Å². The number of amides is 1. The summed E-state index contributed by atoms with van der Waals surface area (Å²) in [5, 5.41) is 0. The maximum atomic E-state index is 11.8. The minimum Gasteiger partial charge on any atom is -0.375 e. The molecule has 6 heteroatoms. The number of carbonyl (C=O) groups is 1. The number of rotatable bonds is 10. The van der Waals surface area contributed by atoms with Crippen molar-refractivity contribution in [3.8, 4) is 0 Å². The first kappa shape index (κ1) is 17.2. The molecule has 0 unspecified atom stereocenters. The van der Waals surface area contributed by atoms with Crippen molar-refractivity contribution in [2.24, 2.45) is 11.7 Å². The van der Waals surface area contributed by atoms with Crippen molar-refractivity contribution in [1.29, 1.82) is 0 Å². The highest BCUT2D eigenvalue weighted by Crippen LogP contribution is 2.03. The predicted molar refractivity (Wildman–Crippen MR) is 66.5 cm³/mol. The normalized spacial score (nSPS) is 11.3. The van der Waals surface area contributed by atoms with Crippen LogP contribution in [0.2, 0.25) is 0 Å². The Labute approximate surface area is 107 Å². The molecular weight excluding hydrogens is 242 g/mol. The first-order valence-electron chi connectivity index (χ1n) is 6.31. The van der Waals surface area contributed by atoms with Gasteiger partial charge in [0.1, 0.15) is 6.61 Å². The van der Waals surface area contributed by atoms with E-state index in [9.17, 15) is 13.6 Å². The van der Waals surface area contributed by atoms with Gasteiger partial charge in [0.05, 0.1) is 13.0 Å². The van der Waals surface area contributed by atoms with Gasteiger partial charge in [-0.15, -0.1) is 0 Å². The smallest absolute Gasteiger partial charge is 0.261 e. The molecule has 0 bridgehead atoms. The Balaban J connectivity index is 3.96. The number of hydrogen-bond acceptors (Lipinski definition) is 3. The van der Waals surface area contributed by atoms with Gasteiger partial charge in [0.15, 0.2) is 0 Å². The monoisotopic (exact) mass is 266 g/mol. The van der Waals surface area contributed by atoms with Crippen LogP contribution in [0.25, 0.3) is 0 Å². The maximum absolute atomic E-state index is 11.8. The summed E-state index contributed by atoms with van der Waals surface area (Å²) in [5.74, 6) is 0.306. The Morgan fingerprint density at radius 3 is 2.56 bits per heavy atom. The summed E-state index contributed by atoms with van der Waals surface area (Å²) in [6, 6.07) is 0. The topological polar surface area (TPSA) is 55.6 Å². The molecular formula is C12H24F2N2O2. The van der Waals surface area contributed by atoms with E-state index in [2.05, 4.69) is 0 Å². The Bertz CT molecular complexity index is 226. The van der Waals surface area contributed by atoms with Crippen molar-refractivity contribution in [3.63, 3.8) is 0 Å². The summed E-state index contributed by atoms with van der Waals surface area (Å²) >= 11 is 0. The summed E-state index contributed by atoms with van der Waals surface area (Å²) in [6.07, 6.45) is -1.59. The molecule has 0 aromatic heterocycles. The maximum Gasteiger partial charge on any atom is 0.261 e. The van der Waals surface area contributed by atoms with E-state index in [1.54, 1.807) is 4.90 Å². The molecule has 0 aliphatic heterocycles. The molecule has 1 amide bonds. The molecule has 2 N–H and O–H groups in total. The summed E-state index contributed by atoms with van der Waals surface area (Å²) in [7, 11) is 0. The van der Waals surface area contributed by atoms with Gasteiger partial charge in [0.2, 0.25) is 5.91 Å². The fourth-order valence-corrected chi connectivity index (χ4v) is 1.53. The number of nitrogens with two attached hydrogens (primary N) is 1. The summed E-state index contributed by atoms with van der Waals surface area (Å²) in [4.78, 5) is 13.6. The SMILES string of the molecule is CC(C)CN(CCCN)C(=O)CCOCC(F)F. The van der Waals surface area contributed by atoms with Crippen molar-refractivity contribution in [2.75, 3.05) is 32.8 Å². The number of nitrogens with zero attached hydrogens (tertiary/aromatic N) is 1. The Hall–Kier alpha value is -0.750. The number of halogens is 2. The average Bonchev–Trinajstić information content (AvgIpc) is 2.29. The van der Waals surface area contributed by atoms with E-state index < -0.39 is 13.0 Å². The number of alkyl halides is 2. The van der Waals surface area contributed by atoms with Gasteiger partial charge in [-0.2, -0.15) is 0 Å². The zero-order chi connectivity index (χ0) is 14.0. The van der Waals surface area contributed by atoms with Gasteiger partial charge >= 0.3 is 0 Å². The fourth-order valence-electron chi connectivity index (χ4n) is 1.53. The van der Waals surface area contributed by atoms with Gasteiger partial charge in [-0.3, -0.25) is 4.79 Å². The Kier molecular flexibility index (Phi) is 9.77. The second-order valence-corrected chi connectivity index (χ2v) is 4.59. The van der Waals surface area contributed by atoms with Crippen molar-refractivity contribution < 1.29 is 18.3 Å². The van der Waals surface area contributed by atoms with Gasteiger partial charge in [-0.1, -0.05) is 13.8 Å². The van der Waals surface area contributed by atoms with Crippen molar-refractivity contribution in [2.45, 2.75) is 33.1 Å². The molecule has 0 saturated heterocycles. The van der Waals surface area contributed by atoms with Crippen LogP contribution in [-0.2, 0) is 9.53 Å². The molecule has 0 fully saturated rings. The minimum atomic E-state index is -2.48. The summed E-state index contributed by atoms with van der Waals surface area (Å²) in [5.41, 5.74) is 5.42. The molecule has 0 aliphatic rings. The van der Waals surface area contributed by atoms with Crippen LogP contribution in [0.15, 0.2) is 0 Å². The quantitative estimate of drug-likeness (QED) is 0.610. The molecule has 0 aromatic rings. The molecule has 4 nitrogen and oxygen atoms in total. The second-order valence-electron chi connectivity index (χ2n) is 4.59. The third-order valence-electron chi connectivity index (χ3n) is 2.27. The molecule has 0 radical (unpaired) electrons. The van der Waals surface area contributed by atoms with Crippen LogP contribution in [0.4, 0.5) is 8.78 Å². The van der Waals surface area contributed by atoms with Crippen LogP contribution in [0.5, 0.6) is 0 Å². The number of ether oxygens (including phenoxy) is 1. The second kappa shape index (κ2) is 10.2. The van der Waals surface area contributed by atoms with E-state index >= 15 is 0 Å². The molecule has 18 heavy (non-hydrogen) atoms. The molecule has 0 aromatic carbocycles. The van der Waals surface area contributed by atoms with Gasteiger partial charge in [-0.25, -0.2) is 8.78 Å². The third-order valence-corrected chi connectivity index (χ3v) is 2.27. The van der Waals surface area contributed by atoms with Crippen LogP contribution in [0, 0.1) is 5.92 Å². The highest BCUT2D eigenvalue weighted by atomic mass is 19.3. The molecule has 0 aliphatic carbocycles. The minimum absolute atomic E-state index is 0.0421. The lowest BCUT2D eigenvalue weighted by Gasteiger charge is -2.24. The highest BCUT2D eigenvalue weighted by molar-refractivity contribution is 5.76. The van der Waals surface area contributed by atoms with Crippen LogP contribution < -0.4 is 5.73 Å². The highest BCUT2D eigenvalue weighted by Gasteiger charge is 2.14. The lowest BCUT2D eigenvalue weighted by Crippen LogP contribution is -2.36. The van der Waals surface area contributed by atoms with Gasteiger partial charge in [0.25, 0.3) is 6.43 Å². The van der Waals surface area contributed by atoms with E-state index in [-0.39, 0.29) is 18.9 Å². The number of carbonyl (C=O) groups excluding carboxylic acids is 1. The van der Waals surface area contributed by atoms with Crippen LogP contribution in [0.1, 0.15) is 26.7 Å². The standard InChI is InChI=1S/C12H24F2N2O2/c1-10(2)8-16(6-3-5-15)12(17)4-7-18-9-11(13)14/h10-11H,3-9,15H2,1-2H3. The first-order valence-corrected chi connectivity index (χ1v) is 6.31. The van der Waals surface area contributed by atoms with Gasteiger partial charge in [0, 0.05) is 13.1 Å². The summed E-state index contributed by atoms with van der Waals surface area (Å²) in [6.45, 7) is 5.28. The zero-order valence-corrected chi connectivity index (χ0v) is 11.2. The molecule has 0 spiro atoms. The number of hydrogen-bond donors (Lipinski definition) is 1. The first-order chi connectivity index (χ1) is 8.47. The van der Waals surface area contributed by atoms with E-state index in [1.165, 1.54) is 0 Å². The average molecular weight is 266 g/mol. The van der Waals surface area contributed by atoms with Crippen molar-refractivity contribution in [1.82, 2.24) is 4.90 Å². The molecule has 108 valence electrons. The van der Waals surface area contributed by atoms with Crippen LogP contribution >= 0.6 is 0 Å². The summed E-state index contributed by atoms with van der Waals surface area (Å²) < 4.78 is 28.3. The van der Waals surface area contributed by atoms with E-state index in [4.69, 9.17) is 10.5 Å². The fraction of sp³-hybridized carbons (Fsp3) is 0.917. The van der Waals surface area contributed by atoms with E-state index in [1.807, 2.05) is 13.8 Å². The van der Waals surface area contributed by atoms with Crippen molar-refractivity contribution in [3.05, 3.63) is 0 Å². The lowest BCUT2D eigenvalue weighted by molar-refractivity contribution is -0.133. The van der Waals surface area contributed by atoms with E-state index in [0.29, 0.717) is 25.6 Å². The predicted octanol–water partition coefficient (Wildman–Crippen LogP) is 1.49. The van der Waals surface area contributed by atoms with Crippen LogP contribution in [-0.4, -0.2) is 50.1 Å². The third kappa shape index (κ3) is 9.30. The van der Waals surface area contributed by atoms with Crippen LogP contribution in [0.3, 0.4) is 0 Å². The molecule has 0 rings (SSSR count). The molecule has 0 atom stereocenters. The van der Waals surface area contributed by atoms with E-state index in [0.717, 1.165) is 6.42 Å². The Morgan fingerprint density at radius 1 is 1.39 bits per heavy atom. The molecule has 0 saturated carbocycles. The lowest BCUT2D eigenvalue weighted by atomic mass is 10.2. The van der Waals surface area contributed by atoms with Gasteiger partial charge < -0.3 is 15.4 Å². The molecule has 0 heterocycles. The van der Waals surface area contributed by atoms with Crippen molar-refractivity contribution >= 4 is 5.91 Å². The largest absolute Gasteiger partial charge is 0.375 e. The Morgan fingerprint density at radius 2 is 2.06 bits per heavy atom. The zero-order valence-electron chi connectivity index (χ0n) is 11.2.